The molecule has 3 nitrogen and oxygen atoms in total. The van der Waals surface area contributed by atoms with Gasteiger partial charge < -0.3 is 4.90 Å². The van der Waals surface area contributed by atoms with Crippen molar-refractivity contribution >= 4 is 11.7 Å². The highest BCUT2D eigenvalue weighted by molar-refractivity contribution is 5.86. The second kappa shape index (κ2) is 3.03. The molecule has 1 rings (SSSR count). The number of ketones is 1. The second-order valence-corrected chi connectivity index (χ2v) is 3.07. The normalized spacial score (nSPS) is 25.5. The first-order chi connectivity index (χ1) is 5.11. The minimum absolute atomic E-state index is 0.00514. The largest absolute Gasteiger partial charge is 0.333 e. The summed E-state index contributed by atoms with van der Waals surface area (Å²) in [6.45, 7) is 3.80. The lowest BCUT2D eigenvalue weighted by atomic mass is 10.0. The Labute approximate surface area is 66.4 Å². The number of rotatable bonds is 0. The molecule has 3 heteroatoms. The van der Waals surface area contributed by atoms with Crippen molar-refractivity contribution in [2.24, 2.45) is 0 Å². The summed E-state index contributed by atoms with van der Waals surface area (Å²) in [6, 6.07) is 0.241. The van der Waals surface area contributed by atoms with Gasteiger partial charge in [0.05, 0.1) is 6.54 Å². The molecule has 0 radical (unpaired) electrons. The zero-order chi connectivity index (χ0) is 8.43. The number of hydrogen-bond donors (Lipinski definition) is 0. The van der Waals surface area contributed by atoms with Crippen LogP contribution in [0.2, 0.25) is 0 Å². The number of amides is 1. The van der Waals surface area contributed by atoms with Gasteiger partial charge in [-0.2, -0.15) is 0 Å². The molecule has 11 heavy (non-hydrogen) atoms. The molecule has 1 aliphatic heterocycles. The van der Waals surface area contributed by atoms with Gasteiger partial charge in [-0.3, -0.25) is 9.59 Å². The summed E-state index contributed by atoms with van der Waals surface area (Å²) in [5.74, 6) is 0.184. The second-order valence-electron chi connectivity index (χ2n) is 3.07. The molecule has 0 bridgehead atoms. The van der Waals surface area contributed by atoms with Crippen molar-refractivity contribution in [3.8, 4) is 0 Å². The highest BCUT2D eigenvalue weighted by atomic mass is 16.2. The van der Waals surface area contributed by atoms with Crippen LogP contribution in [0.15, 0.2) is 0 Å². The van der Waals surface area contributed by atoms with Crippen molar-refractivity contribution in [2.75, 3.05) is 6.54 Å². The van der Waals surface area contributed by atoms with Crippen molar-refractivity contribution in [3.05, 3.63) is 0 Å². The van der Waals surface area contributed by atoms with Crippen LogP contribution < -0.4 is 0 Å². The van der Waals surface area contributed by atoms with Gasteiger partial charge in [0.15, 0.2) is 5.78 Å². The van der Waals surface area contributed by atoms with E-state index in [-0.39, 0.29) is 17.7 Å². The molecule has 0 saturated carbocycles. The highest BCUT2D eigenvalue weighted by Crippen LogP contribution is 2.13. The maximum Gasteiger partial charge on any atom is 0.220 e. The third kappa shape index (κ3) is 1.79. The van der Waals surface area contributed by atoms with Gasteiger partial charge in [-0.05, 0) is 13.3 Å². The van der Waals surface area contributed by atoms with Gasteiger partial charge in [0.2, 0.25) is 5.91 Å². The van der Waals surface area contributed by atoms with E-state index in [2.05, 4.69) is 0 Å². The van der Waals surface area contributed by atoms with E-state index >= 15 is 0 Å². The minimum Gasteiger partial charge on any atom is -0.333 e. The molecule has 1 amide bonds. The van der Waals surface area contributed by atoms with Crippen molar-refractivity contribution in [2.45, 2.75) is 32.7 Å². The molecule has 1 atom stereocenters. The number of carbonyl (C=O) groups is 2. The predicted molar refractivity (Wildman–Crippen MR) is 41.1 cm³/mol. The summed E-state index contributed by atoms with van der Waals surface area (Å²) < 4.78 is 0. The van der Waals surface area contributed by atoms with Gasteiger partial charge in [-0.15, -0.1) is 0 Å². The summed E-state index contributed by atoms with van der Waals surface area (Å²) in [7, 11) is 0. The fourth-order valence-electron chi connectivity index (χ4n) is 1.37. The van der Waals surface area contributed by atoms with Crippen LogP contribution in [0.4, 0.5) is 0 Å². The fourth-order valence-corrected chi connectivity index (χ4v) is 1.37. The van der Waals surface area contributed by atoms with Gasteiger partial charge >= 0.3 is 0 Å². The summed E-state index contributed by atoms with van der Waals surface area (Å²) >= 11 is 0. The van der Waals surface area contributed by atoms with E-state index in [1.54, 1.807) is 4.90 Å². The lowest BCUT2D eigenvalue weighted by molar-refractivity contribution is -0.138. The third-order valence-electron chi connectivity index (χ3n) is 2.12. The van der Waals surface area contributed by atoms with Crippen LogP contribution in [-0.2, 0) is 9.59 Å². The number of hydrogen-bond acceptors (Lipinski definition) is 2. The average Bonchev–Trinajstić information content (AvgIpc) is 1.94. The van der Waals surface area contributed by atoms with Crippen molar-refractivity contribution < 1.29 is 9.59 Å². The van der Waals surface area contributed by atoms with Crippen molar-refractivity contribution in [3.63, 3.8) is 0 Å². The third-order valence-corrected chi connectivity index (χ3v) is 2.12. The van der Waals surface area contributed by atoms with E-state index in [0.717, 1.165) is 6.42 Å². The van der Waals surface area contributed by atoms with E-state index in [0.29, 0.717) is 13.0 Å². The number of piperidine rings is 1. The Balaban J connectivity index is 2.61. The first-order valence-corrected chi connectivity index (χ1v) is 3.90. The highest BCUT2D eigenvalue weighted by Gasteiger charge is 2.24. The maximum absolute atomic E-state index is 10.9. The van der Waals surface area contributed by atoms with Crippen LogP contribution in [0.1, 0.15) is 26.7 Å². The lowest BCUT2D eigenvalue weighted by Crippen LogP contribution is -2.44. The van der Waals surface area contributed by atoms with Crippen LogP contribution in [0.3, 0.4) is 0 Å². The van der Waals surface area contributed by atoms with Gasteiger partial charge in [0, 0.05) is 19.4 Å². The molecule has 1 aliphatic rings. The molecule has 0 spiro atoms. The Morgan fingerprint density at radius 1 is 1.64 bits per heavy atom. The van der Waals surface area contributed by atoms with Crippen molar-refractivity contribution in [1.29, 1.82) is 0 Å². The Morgan fingerprint density at radius 3 is 2.73 bits per heavy atom. The van der Waals surface area contributed by atoms with Gasteiger partial charge in [0.25, 0.3) is 0 Å². The number of likely N-dealkylation sites (tertiary alicyclic amines) is 1. The summed E-state index contributed by atoms with van der Waals surface area (Å²) in [5, 5.41) is 0. The minimum atomic E-state index is 0.00514. The van der Waals surface area contributed by atoms with Gasteiger partial charge in [0.1, 0.15) is 0 Å². The Hall–Kier alpha value is -0.860. The van der Waals surface area contributed by atoms with Gasteiger partial charge in [-0.1, -0.05) is 0 Å². The Morgan fingerprint density at radius 2 is 2.27 bits per heavy atom. The SMILES string of the molecule is CC(=O)N1CC(=O)CCC1C. The van der Waals surface area contributed by atoms with E-state index in [9.17, 15) is 9.59 Å². The van der Waals surface area contributed by atoms with Crippen molar-refractivity contribution in [1.82, 2.24) is 4.90 Å². The molecule has 1 fully saturated rings. The molecule has 0 aliphatic carbocycles. The number of nitrogens with zero attached hydrogens (tertiary/aromatic N) is 1. The molecule has 1 unspecified atom stereocenters. The summed E-state index contributed by atoms with van der Waals surface area (Å²) in [4.78, 5) is 23.5. The number of Topliss-reactive ketones (excluding diaryl/α,β-unsaturated/α-hetero) is 1. The maximum atomic E-state index is 10.9. The zero-order valence-electron chi connectivity index (χ0n) is 6.96. The topological polar surface area (TPSA) is 37.4 Å². The molecule has 0 N–H and O–H groups in total. The van der Waals surface area contributed by atoms with Crippen LogP contribution in [0.5, 0.6) is 0 Å². The molecular weight excluding hydrogens is 142 g/mol. The van der Waals surface area contributed by atoms with E-state index < -0.39 is 0 Å². The van der Waals surface area contributed by atoms with E-state index in [1.807, 2.05) is 6.92 Å². The molecule has 0 aromatic heterocycles. The van der Waals surface area contributed by atoms with Gasteiger partial charge in [-0.25, -0.2) is 0 Å². The first-order valence-electron chi connectivity index (χ1n) is 3.90. The quantitative estimate of drug-likeness (QED) is 0.513. The first kappa shape index (κ1) is 8.24. The lowest BCUT2D eigenvalue weighted by Gasteiger charge is -2.31. The predicted octanol–water partition coefficient (Wildman–Crippen LogP) is 0.586. The van der Waals surface area contributed by atoms with Crippen LogP contribution in [-0.4, -0.2) is 29.2 Å². The fraction of sp³-hybridized carbons (Fsp3) is 0.750. The zero-order valence-corrected chi connectivity index (χ0v) is 6.96. The standard InChI is InChI=1S/C8H13NO2/c1-6-3-4-8(11)5-9(6)7(2)10/h6H,3-5H2,1-2H3. The summed E-state index contributed by atoms with van der Waals surface area (Å²) in [6.07, 6.45) is 1.45. The van der Waals surface area contributed by atoms with Crippen LogP contribution >= 0.6 is 0 Å². The average molecular weight is 155 g/mol. The Bertz CT molecular complexity index is 189. The molecule has 62 valence electrons. The molecule has 1 heterocycles. The number of carbonyl (C=O) groups excluding carboxylic acids is 2. The molecule has 0 aromatic carbocycles. The van der Waals surface area contributed by atoms with E-state index in [4.69, 9.17) is 0 Å². The van der Waals surface area contributed by atoms with Crippen LogP contribution in [0.25, 0.3) is 0 Å². The molecule has 0 aromatic rings. The van der Waals surface area contributed by atoms with Crippen LogP contribution in [0, 0.1) is 0 Å². The molecular formula is C8H13NO2. The smallest absolute Gasteiger partial charge is 0.220 e. The molecule has 1 saturated heterocycles. The van der Waals surface area contributed by atoms with E-state index in [1.165, 1.54) is 6.92 Å². The Kier molecular flexibility index (Phi) is 2.27. The monoisotopic (exact) mass is 155 g/mol. The summed E-state index contributed by atoms with van der Waals surface area (Å²) in [5.41, 5.74) is 0.